The van der Waals surface area contributed by atoms with E-state index < -0.39 is 23.0 Å². The lowest BCUT2D eigenvalue weighted by atomic mass is 9.83. The molecule has 0 saturated carbocycles. The summed E-state index contributed by atoms with van der Waals surface area (Å²) in [5.74, 6) is -1.47. The molecular formula is C27H27Cl2N3O5. The van der Waals surface area contributed by atoms with Crippen LogP contribution in [0.1, 0.15) is 42.5 Å². The van der Waals surface area contributed by atoms with Gasteiger partial charge in [0.15, 0.2) is 0 Å². The van der Waals surface area contributed by atoms with Crippen molar-refractivity contribution in [3.05, 3.63) is 104 Å². The average molecular weight is 544 g/mol. The summed E-state index contributed by atoms with van der Waals surface area (Å²) in [6.45, 7) is 1.09. The molecule has 1 aliphatic heterocycles. The molecule has 0 aromatic heterocycles. The zero-order chi connectivity index (χ0) is 26.5. The molecule has 0 unspecified atom stereocenters. The summed E-state index contributed by atoms with van der Waals surface area (Å²) < 4.78 is 0. The molecule has 0 aliphatic carbocycles. The molecule has 10 heteroatoms. The number of aliphatic hydroxyl groups excluding tert-OH is 1. The first kappa shape index (κ1) is 26.9. The number of hydrogen-bond acceptors (Lipinski definition) is 6. The number of piperidine rings is 1. The lowest BCUT2D eigenvalue weighted by Gasteiger charge is -2.39. The Kier molecular flexibility index (Phi) is 8.66. The number of likely N-dealkylation sites (tertiary alicyclic amines) is 1. The number of carbonyl (C=O) groups excluding carboxylic acids is 1. The molecule has 0 radical (unpaired) electrons. The van der Waals surface area contributed by atoms with Crippen molar-refractivity contribution in [3.63, 3.8) is 0 Å². The smallest absolute Gasteiger partial charge is 0.269 e. The molecule has 1 heterocycles. The standard InChI is InChI=1S/C27H27Cl2N3O5/c28-20-8-4-19(5-9-20)26(33)24(27(34)30-16-2-1-3-17-30)25(18-6-12-23(13-7-18)32(36)37)31(35)22-14-10-21(29)11-15-22/h4-15,24-26,33,35H,1-3,16-17H2/t24-,25+,26+/m0/s1. The number of nitro benzene ring substituents is 1. The van der Waals surface area contributed by atoms with Crippen molar-refractivity contribution < 1.29 is 20.0 Å². The lowest BCUT2D eigenvalue weighted by molar-refractivity contribution is -0.384. The maximum absolute atomic E-state index is 14.0. The highest BCUT2D eigenvalue weighted by atomic mass is 35.5. The lowest BCUT2D eigenvalue weighted by Crippen LogP contribution is -2.47. The minimum atomic E-state index is -1.31. The van der Waals surface area contributed by atoms with E-state index in [1.54, 1.807) is 53.4 Å². The van der Waals surface area contributed by atoms with Gasteiger partial charge in [0.2, 0.25) is 5.91 Å². The largest absolute Gasteiger partial charge is 0.387 e. The van der Waals surface area contributed by atoms with E-state index >= 15 is 0 Å². The SMILES string of the molecule is O=C([C@H]([C@H](O)c1ccc(Cl)cc1)[C@@H](c1ccc([N+](=O)[O-])cc1)N(O)c1ccc(Cl)cc1)N1CCCCC1. The number of halogens is 2. The normalized spacial score (nSPS) is 16.1. The number of benzene rings is 3. The van der Waals surface area contributed by atoms with Crippen LogP contribution in [0.4, 0.5) is 11.4 Å². The van der Waals surface area contributed by atoms with Crippen LogP contribution >= 0.6 is 23.2 Å². The van der Waals surface area contributed by atoms with E-state index in [2.05, 4.69) is 0 Å². The maximum Gasteiger partial charge on any atom is 0.269 e. The highest BCUT2D eigenvalue weighted by Gasteiger charge is 2.42. The number of amides is 1. The Bertz CT molecular complexity index is 1220. The van der Waals surface area contributed by atoms with Crippen LogP contribution in [0.15, 0.2) is 72.8 Å². The van der Waals surface area contributed by atoms with Gasteiger partial charge in [0.05, 0.1) is 28.7 Å². The van der Waals surface area contributed by atoms with Gasteiger partial charge >= 0.3 is 0 Å². The van der Waals surface area contributed by atoms with E-state index in [0.717, 1.165) is 24.3 Å². The molecule has 3 aromatic rings. The number of aliphatic hydroxyl groups is 1. The van der Waals surface area contributed by atoms with Crippen LogP contribution in [-0.2, 0) is 4.79 Å². The quantitative estimate of drug-likeness (QED) is 0.258. The number of nitro groups is 1. The van der Waals surface area contributed by atoms with E-state index in [9.17, 15) is 25.2 Å². The number of hydroxylamine groups is 1. The van der Waals surface area contributed by atoms with Gasteiger partial charge < -0.3 is 10.0 Å². The number of carbonyl (C=O) groups is 1. The molecule has 37 heavy (non-hydrogen) atoms. The summed E-state index contributed by atoms with van der Waals surface area (Å²) in [5, 5.41) is 36.3. The van der Waals surface area contributed by atoms with Crippen molar-refractivity contribution in [2.45, 2.75) is 31.4 Å². The van der Waals surface area contributed by atoms with Gasteiger partial charge in [-0.05, 0) is 66.8 Å². The predicted octanol–water partition coefficient (Wildman–Crippen LogP) is 6.20. The van der Waals surface area contributed by atoms with Crippen LogP contribution in [0.2, 0.25) is 10.0 Å². The number of hydrogen-bond donors (Lipinski definition) is 2. The number of rotatable bonds is 8. The fraction of sp³-hybridized carbons (Fsp3) is 0.296. The maximum atomic E-state index is 14.0. The zero-order valence-electron chi connectivity index (χ0n) is 19.9. The summed E-state index contributed by atoms with van der Waals surface area (Å²) in [5.41, 5.74) is 1.09. The van der Waals surface area contributed by atoms with Gasteiger partial charge in [-0.2, -0.15) is 0 Å². The van der Waals surface area contributed by atoms with Crippen LogP contribution in [0.5, 0.6) is 0 Å². The van der Waals surface area contributed by atoms with Crippen molar-refractivity contribution in [2.75, 3.05) is 18.2 Å². The van der Waals surface area contributed by atoms with E-state index in [-0.39, 0.29) is 11.6 Å². The van der Waals surface area contributed by atoms with Crippen LogP contribution < -0.4 is 5.06 Å². The van der Waals surface area contributed by atoms with Gasteiger partial charge in [-0.1, -0.05) is 47.5 Å². The van der Waals surface area contributed by atoms with E-state index in [4.69, 9.17) is 23.2 Å². The fourth-order valence-corrected chi connectivity index (χ4v) is 4.94. The highest BCUT2D eigenvalue weighted by Crippen LogP contribution is 2.41. The summed E-state index contributed by atoms with van der Waals surface area (Å²) in [6.07, 6.45) is 1.39. The summed E-state index contributed by atoms with van der Waals surface area (Å²) in [7, 11) is 0. The first-order chi connectivity index (χ1) is 17.8. The first-order valence-electron chi connectivity index (χ1n) is 12.0. The zero-order valence-corrected chi connectivity index (χ0v) is 21.4. The monoisotopic (exact) mass is 543 g/mol. The van der Waals surface area contributed by atoms with Crippen LogP contribution in [-0.4, -0.2) is 39.1 Å². The van der Waals surface area contributed by atoms with Crippen molar-refractivity contribution in [1.82, 2.24) is 4.90 Å². The van der Waals surface area contributed by atoms with E-state index in [1.807, 2.05) is 0 Å². The Labute approximate surface area is 224 Å². The van der Waals surface area contributed by atoms with Gasteiger partial charge in [-0.15, -0.1) is 0 Å². The molecule has 2 N–H and O–H groups in total. The third-order valence-electron chi connectivity index (χ3n) is 6.64. The van der Waals surface area contributed by atoms with Crippen molar-refractivity contribution in [3.8, 4) is 0 Å². The summed E-state index contributed by atoms with van der Waals surface area (Å²) >= 11 is 12.1. The van der Waals surface area contributed by atoms with Crippen LogP contribution in [0, 0.1) is 16.0 Å². The summed E-state index contributed by atoms with van der Waals surface area (Å²) in [6, 6.07) is 17.5. The molecule has 1 fully saturated rings. The van der Waals surface area contributed by atoms with Crippen molar-refractivity contribution in [1.29, 1.82) is 0 Å². The van der Waals surface area contributed by atoms with Crippen molar-refractivity contribution in [2.24, 2.45) is 5.92 Å². The molecule has 8 nitrogen and oxygen atoms in total. The molecule has 1 aliphatic rings. The predicted molar refractivity (Wildman–Crippen MR) is 142 cm³/mol. The number of nitrogens with zero attached hydrogens (tertiary/aromatic N) is 3. The van der Waals surface area contributed by atoms with Gasteiger partial charge in [-0.3, -0.25) is 20.1 Å². The molecule has 0 spiro atoms. The average Bonchev–Trinajstić information content (AvgIpc) is 2.92. The third-order valence-corrected chi connectivity index (χ3v) is 7.15. The molecule has 1 saturated heterocycles. The minimum Gasteiger partial charge on any atom is -0.387 e. The summed E-state index contributed by atoms with van der Waals surface area (Å²) in [4.78, 5) is 26.5. The van der Waals surface area contributed by atoms with Crippen LogP contribution in [0.25, 0.3) is 0 Å². The second-order valence-corrected chi connectivity index (χ2v) is 9.90. The number of non-ortho nitro benzene ring substituents is 1. The Morgan fingerprint density at radius 2 is 1.38 bits per heavy atom. The first-order valence-corrected chi connectivity index (χ1v) is 12.7. The van der Waals surface area contributed by atoms with Crippen molar-refractivity contribution >= 4 is 40.5 Å². The molecule has 4 rings (SSSR count). The van der Waals surface area contributed by atoms with Gasteiger partial charge in [0.1, 0.15) is 0 Å². The second-order valence-electron chi connectivity index (χ2n) is 9.02. The molecule has 194 valence electrons. The van der Waals surface area contributed by atoms with Crippen LogP contribution in [0.3, 0.4) is 0 Å². The van der Waals surface area contributed by atoms with E-state index in [1.165, 1.54) is 24.3 Å². The highest BCUT2D eigenvalue weighted by molar-refractivity contribution is 6.30. The second kappa shape index (κ2) is 11.9. The Morgan fingerprint density at radius 3 is 1.92 bits per heavy atom. The molecule has 3 atom stereocenters. The fourth-order valence-electron chi connectivity index (χ4n) is 4.68. The molecule has 1 amide bonds. The third kappa shape index (κ3) is 6.22. The van der Waals surface area contributed by atoms with E-state index in [0.29, 0.717) is 39.9 Å². The molecule has 0 bridgehead atoms. The topological polar surface area (TPSA) is 107 Å². The Hall–Kier alpha value is -3.17. The van der Waals surface area contributed by atoms with Gasteiger partial charge in [0, 0.05) is 35.3 Å². The minimum absolute atomic E-state index is 0.129. The van der Waals surface area contributed by atoms with Gasteiger partial charge in [0.25, 0.3) is 5.69 Å². The number of anilines is 1. The Morgan fingerprint density at radius 1 is 0.865 bits per heavy atom. The molecular weight excluding hydrogens is 517 g/mol. The Balaban J connectivity index is 1.84. The molecule has 3 aromatic carbocycles. The van der Waals surface area contributed by atoms with Gasteiger partial charge in [-0.25, -0.2) is 5.06 Å².